The Morgan fingerprint density at radius 2 is 1.81 bits per heavy atom. The van der Waals surface area contributed by atoms with Gasteiger partial charge in [-0.05, 0) is 84.5 Å². The van der Waals surface area contributed by atoms with E-state index in [0.29, 0.717) is 32.3 Å². The van der Waals surface area contributed by atoms with Crippen LogP contribution in [0.15, 0.2) is 29.3 Å². The first-order chi connectivity index (χ1) is 12.9. The van der Waals surface area contributed by atoms with E-state index in [-0.39, 0.29) is 16.9 Å². The van der Waals surface area contributed by atoms with Gasteiger partial charge in [0.25, 0.3) is 0 Å². The Morgan fingerprint density at radius 3 is 2.41 bits per heavy atom. The first-order valence-corrected chi connectivity index (χ1v) is 10.8. The fraction of sp³-hybridized carbons (Fsp3) is 0.526. The van der Waals surface area contributed by atoms with Crippen molar-refractivity contribution in [3.8, 4) is 0 Å². The molecular formula is C19H19BrCl2N4O. The molecule has 0 spiro atoms. The molecule has 27 heavy (non-hydrogen) atoms. The molecule has 1 aromatic carbocycles. The summed E-state index contributed by atoms with van der Waals surface area (Å²) in [7, 11) is 0. The summed E-state index contributed by atoms with van der Waals surface area (Å²) in [6, 6.07) is 5.16. The molecule has 4 aliphatic carbocycles. The van der Waals surface area contributed by atoms with E-state index in [0.717, 1.165) is 32.1 Å². The smallest absolute Gasteiger partial charge is 0.230 e. The number of anilines is 1. The third kappa shape index (κ3) is 3.00. The first kappa shape index (κ1) is 18.0. The maximum absolute atomic E-state index is 13.4. The number of benzene rings is 1. The van der Waals surface area contributed by atoms with Gasteiger partial charge < -0.3 is 5.32 Å². The molecular weight excluding hydrogens is 451 g/mol. The van der Waals surface area contributed by atoms with Crippen LogP contribution in [0.2, 0.25) is 10.0 Å². The molecule has 4 saturated carbocycles. The number of aromatic nitrogens is 3. The zero-order valence-corrected chi connectivity index (χ0v) is 17.7. The minimum absolute atomic E-state index is 0.0819. The summed E-state index contributed by atoms with van der Waals surface area (Å²) >= 11 is 15.6. The Kier molecular flexibility index (Phi) is 4.12. The second-order valence-electron chi connectivity index (χ2n) is 8.54. The molecule has 0 aliphatic heterocycles. The third-order valence-electron chi connectivity index (χ3n) is 6.58. The highest BCUT2D eigenvalue weighted by Gasteiger charge is 2.61. The average molecular weight is 470 g/mol. The van der Waals surface area contributed by atoms with E-state index in [9.17, 15) is 4.79 Å². The molecule has 142 valence electrons. The highest BCUT2D eigenvalue weighted by molar-refractivity contribution is 9.10. The van der Waals surface area contributed by atoms with Gasteiger partial charge in [-0.1, -0.05) is 23.2 Å². The molecule has 4 aliphatic rings. The number of carbonyl (C=O) groups is 1. The summed E-state index contributed by atoms with van der Waals surface area (Å²) < 4.78 is 2.61. The molecule has 8 heteroatoms. The van der Waals surface area contributed by atoms with Crippen molar-refractivity contribution >= 4 is 50.7 Å². The molecule has 1 heterocycles. The largest absolute Gasteiger partial charge is 0.326 e. The van der Waals surface area contributed by atoms with Gasteiger partial charge in [-0.15, -0.1) is 5.10 Å². The number of hydrogen-bond donors (Lipinski definition) is 1. The number of hydrogen-bond acceptors (Lipinski definition) is 3. The van der Waals surface area contributed by atoms with Crippen molar-refractivity contribution in [2.75, 3.05) is 5.32 Å². The Balaban J connectivity index is 1.47. The van der Waals surface area contributed by atoms with Crippen molar-refractivity contribution in [2.24, 2.45) is 17.3 Å². The monoisotopic (exact) mass is 468 g/mol. The van der Waals surface area contributed by atoms with Crippen LogP contribution >= 0.6 is 39.1 Å². The van der Waals surface area contributed by atoms with Crippen LogP contribution in [0, 0.1) is 17.3 Å². The quantitative estimate of drug-likeness (QED) is 0.664. The topological polar surface area (TPSA) is 59.8 Å². The lowest BCUT2D eigenvalue weighted by Crippen LogP contribution is -2.60. The van der Waals surface area contributed by atoms with Gasteiger partial charge in [0.05, 0.1) is 11.0 Å². The molecule has 1 N–H and O–H groups in total. The van der Waals surface area contributed by atoms with E-state index in [1.165, 1.54) is 6.42 Å². The molecule has 4 atom stereocenters. The van der Waals surface area contributed by atoms with Crippen LogP contribution in [0.1, 0.15) is 38.5 Å². The fourth-order valence-electron chi connectivity index (χ4n) is 6.11. The fourth-order valence-corrected chi connectivity index (χ4v) is 6.90. The third-order valence-corrected chi connectivity index (χ3v) is 7.38. The van der Waals surface area contributed by atoms with Crippen molar-refractivity contribution < 1.29 is 4.79 Å². The summed E-state index contributed by atoms with van der Waals surface area (Å²) in [4.78, 5) is 17.7. The lowest BCUT2D eigenvalue weighted by Gasteiger charge is -2.60. The Labute approximate surface area is 175 Å². The van der Waals surface area contributed by atoms with E-state index < -0.39 is 0 Å². The zero-order chi connectivity index (χ0) is 18.8. The van der Waals surface area contributed by atoms with Crippen LogP contribution in [0.3, 0.4) is 0 Å². The molecule has 0 radical (unpaired) electrons. The summed E-state index contributed by atoms with van der Waals surface area (Å²) in [5.74, 6) is 1.20. The van der Waals surface area contributed by atoms with Crippen molar-refractivity contribution in [3.05, 3.63) is 39.3 Å². The minimum atomic E-state index is -0.364. The zero-order valence-electron chi connectivity index (χ0n) is 14.6. The molecule has 4 fully saturated rings. The highest BCUT2D eigenvalue weighted by atomic mass is 79.9. The van der Waals surface area contributed by atoms with E-state index in [4.69, 9.17) is 23.2 Å². The lowest BCUT2D eigenvalue weighted by molar-refractivity contribution is -0.150. The number of halogens is 3. The summed E-state index contributed by atoms with van der Waals surface area (Å²) in [6.45, 7) is 0. The van der Waals surface area contributed by atoms with Crippen molar-refractivity contribution in [1.29, 1.82) is 0 Å². The molecule has 0 saturated heterocycles. The Hall–Kier alpha value is -1.11. The van der Waals surface area contributed by atoms with Crippen molar-refractivity contribution in [1.82, 2.24) is 14.8 Å². The average Bonchev–Trinajstić information content (AvgIpc) is 3.00. The van der Waals surface area contributed by atoms with Crippen LogP contribution in [-0.2, 0) is 10.3 Å². The second-order valence-corrected chi connectivity index (χ2v) is 10.1. The predicted octanol–water partition coefficient (Wildman–Crippen LogP) is 5.28. The SMILES string of the molecule is O=C(Nc1cc(Cl)cc(Cl)c1)C12C[C@H]3C[C@@H](C1)CC(n1cnc(Br)n1)(C3)C2. The van der Waals surface area contributed by atoms with Crippen LogP contribution in [0.4, 0.5) is 5.69 Å². The molecule has 6 rings (SSSR count). The summed E-state index contributed by atoms with van der Waals surface area (Å²) in [6.07, 6.45) is 7.88. The number of nitrogens with zero attached hydrogens (tertiary/aromatic N) is 3. The second kappa shape index (κ2) is 6.19. The molecule has 1 aromatic heterocycles. The number of nitrogens with one attached hydrogen (secondary N) is 1. The number of amides is 1. The first-order valence-electron chi connectivity index (χ1n) is 9.21. The maximum Gasteiger partial charge on any atom is 0.230 e. The minimum Gasteiger partial charge on any atom is -0.326 e. The predicted molar refractivity (Wildman–Crippen MR) is 108 cm³/mol. The maximum atomic E-state index is 13.4. The van der Waals surface area contributed by atoms with Gasteiger partial charge in [0, 0.05) is 15.7 Å². The van der Waals surface area contributed by atoms with Crippen LogP contribution in [0.5, 0.6) is 0 Å². The lowest BCUT2D eigenvalue weighted by atomic mass is 9.46. The Morgan fingerprint density at radius 1 is 1.15 bits per heavy atom. The number of rotatable bonds is 3. The van der Waals surface area contributed by atoms with E-state index in [2.05, 4.69) is 31.3 Å². The Bertz CT molecular complexity index is 896. The summed E-state index contributed by atoms with van der Waals surface area (Å²) in [5, 5.41) is 8.69. The van der Waals surface area contributed by atoms with E-state index in [1.807, 2.05) is 4.68 Å². The normalized spacial score (nSPS) is 34.0. The van der Waals surface area contributed by atoms with Crippen molar-refractivity contribution in [3.63, 3.8) is 0 Å². The van der Waals surface area contributed by atoms with Crippen LogP contribution < -0.4 is 5.32 Å². The van der Waals surface area contributed by atoms with Crippen LogP contribution in [-0.4, -0.2) is 20.7 Å². The van der Waals surface area contributed by atoms with Crippen molar-refractivity contribution in [2.45, 2.75) is 44.1 Å². The standard InChI is InChI=1S/C19H19BrCl2N4O/c20-17-23-10-26(25-17)19-7-11-1-12(8-19)6-18(5-11,9-19)16(27)24-15-3-13(21)2-14(22)4-15/h2-4,10-12H,1,5-9H2,(H,24,27)/t11-,12+,18?,19?. The van der Waals surface area contributed by atoms with Gasteiger partial charge >= 0.3 is 0 Å². The molecule has 2 unspecified atom stereocenters. The summed E-state index contributed by atoms with van der Waals surface area (Å²) in [5.41, 5.74) is 0.190. The van der Waals surface area contributed by atoms with Gasteiger partial charge in [-0.2, -0.15) is 0 Å². The van der Waals surface area contributed by atoms with Gasteiger partial charge in [0.1, 0.15) is 6.33 Å². The number of carbonyl (C=O) groups excluding carboxylic acids is 1. The van der Waals surface area contributed by atoms with Gasteiger partial charge in [0.2, 0.25) is 10.6 Å². The van der Waals surface area contributed by atoms with Crippen LogP contribution in [0.25, 0.3) is 0 Å². The molecule has 4 bridgehead atoms. The van der Waals surface area contributed by atoms with Gasteiger partial charge in [-0.3, -0.25) is 4.79 Å². The van der Waals surface area contributed by atoms with E-state index in [1.54, 1.807) is 24.5 Å². The molecule has 5 nitrogen and oxygen atoms in total. The van der Waals surface area contributed by atoms with Gasteiger partial charge in [0.15, 0.2) is 0 Å². The van der Waals surface area contributed by atoms with Gasteiger partial charge in [-0.25, -0.2) is 9.67 Å². The van der Waals surface area contributed by atoms with E-state index >= 15 is 0 Å². The highest BCUT2D eigenvalue weighted by Crippen LogP contribution is 2.64. The molecule has 2 aromatic rings. The molecule has 1 amide bonds.